The molecule has 3 rings (SSSR count). The zero-order chi connectivity index (χ0) is 25.4. The molecule has 1 aromatic heterocycles. The highest BCUT2D eigenvalue weighted by Gasteiger charge is 2.24. The van der Waals surface area contributed by atoms with E-state index in [0.29, 0.717) is 23.1 Å². The van der Waals surface area contributed by atoms with Crippen molar-refractivity contribution < 1.29 is 8.42 Å². The third-order valence-electron chi connectivity index (χ3n) is 5.82. The van der Waals surface area contributed by atoms with Crippen LogP contribution in [0.25, 0.3) is 10.9 Å². The number of hydrazone groups is 1. The predicted octanol–water partition coefficient (Wildman–Crippen LogP) is 5.35. The molecule has 3 aromatic rings. The van der Waals surface area contributed by atoms with Gasteiger partial charge in [-0.2, -0.15) is 9.41 Å². The third kappa shape index (κ3) is 6.28. The van der Waals surface area contributed by atoms with E-state index in [1.165, 1.54) is 5.56 Å². The Morgan fingerprint density at radius 3 is 2.46 bits per heavy atom. The van der Waals surface area contributed by atoms with Gasteiger partial charge in [0.2, 0.25) is 10.0 Å². The number of nitrogens with one attached hydrogen (secondary N) is 2. The molecule has 0 unspecified atom stereocenters. The molecular formula is C26H35N5O2S2. The Hall–Kier alpha value is -2.75. The average molecular weight is 514 g/mol. The maximum absolute atomic E-state index is 13.3. The minimum atomic E-state index is -3.57. The summed E-state index contributed by atoms with van der Waals surface area (Å²) in [7, 11) is -3.57. The van der Waals surface area contributed by atoms with Crippen LogP contribution in [0.2, 0.25) is 0 Å². The number of anilines is 1. The van der Waals surface area contributed by atoms with Gasteiger partial charge in [0.1, 0.15) is 0 Å². The Balaban J connectivity index is 1.86. The van der Waals surface area contributed by atoms with Crippen molar-refractivity contribution >= 4 is 50.2 Å². The molecule has 2 N–H and O–H groups in total. The molecule has 9 heteroatoms. The van der Waals surface area contributed by atoms with Gasteiger partial charge >= 0.3 is 0 Å². The summed E-state index contributed by atoms with van der Waals surface area (Å²) in [4.78, 5) is 0.303. The molecule has 7 nitrogen and oxygen atoms in total. The quantitative estimate of drug-likeness (QED) is 0.205. The number of para-hydroxylation sites is 1. The van der Waals surface area contributed by atoms with Crippen LogP contribution in [0.15, 0.2) is 58.7 Å². The van der Waals surface area contributed by atoms with E-state index in [2.05, 4.69) is 40.3 Å². The molecule has 0 saturated heterocycles. The van der Waals surface area contributed by atoms with E-state index in [1.807, 2.05) is 44.3 Å². The molecule has 1 heterocycles. The first-order chi connectivity index (χ1) is 16.8. The fraction of sp³-hybridized carbons (Fsp3) is 0.385. The topological polar surface area (TPSA) is 78.7 Å². The van der Waals surface area contributed by atoms with Crippen LogP contribution in [0, 0.1) is 0 Å². The lowest BCUT2D eigenvalue weighted by Crippen LogP contribution is -2.32. The van der Waals surface area contributed by atoms with Crippen LogP contribution in [0.1, 0.15) is 51.7 Å². The summed E-state index contributed by atoms with van der Waals surface area (Å²) in [6.45, 7) is 9.90. The molecule has 0 spiro atoms. The Labute approximate surface area is 214 Å². The van der Waals surface area contributed by atoms with E-state index < -0.39 is 10.0 Å². The van der Waals surface area contributed by atoms with Crippen molar-refractivity contribution in [3.05, 3.63) is 59.8 Å². The highest BCUT2D eigenvalue weighted by molar-refractivity contribution is 7.89. The molecule has 188 valence electrons. The number of benzene rings is 2. The zero-order valence-electron chi connectivity index (χ0n) is 20.9. The van der Waals surface area contributed by atoms with E-state index >= 15 is 0 Å². The van der Waals surface area contributed by atoms with Crippen LogP contribution >= 0.6 is 12.2 Å². The van der Waals surface area contributed by atoms with Crippen LogP contribution in [0.5, 0.6) is 0 Å². The van der Waals surface area contributed by atoms with E-state index in [9.17, 15) is 8.42 Å². The Bertz CT molecular complexity index is 1290. The third-order valence-corrected chi connectivity index (χ3v) is 7.91. The van der Waals surface area contributed by atoms with Crippen molar-refractivity contribution in [3.8, 4) is 0 Å². The number of rotatable bonds is 11. The van der Waals surface area contributed by atoms with Crippen molar-refractivity contribution in [1.29, 1.82) is 0 Å². The van der Waals surface area contributed by atoms with Gasteiger partial charge in [-0.15, -0.1) is 0 Å². The predicted molar refractivity (Wildman–Crippen MR) is 150 cm³/mol. The summed E-state index contributed by atoms with van der Waals surface area (Å²) in [5.41, 5.74) is 6.77. The molecule has 0 fully saturated rings. The summed E-state index contributed by atoms with van der Waals surface area (Å²) in [5, 5.41) is 8.73. The summed E-state index contributed by atoms with van der Waals surface area (Å²) in [6.07, 6.45) is 6.10. The molecule has 0 amide bonds. The molecule has 0 aliphatic rings. The van der Waals surface area contributed by atoms with Gasteiger partial charge in [-0.25, -0.2) is 8.42 Å². The van der Waals surface area contributed by atoms with Crippen LogP contribution in [0.4, 0.5) is 5.69 Å². The lowest BCUT2D eigenvalue weighted by molar-refractivity contribution is 0.410. The molecule has 0 aliphatic heterocycles. The fourth-order valence-electron chi connectivity index (χ4n) is 4.09. The minimum absolute atomic E-state index is 0.303. The van der Waals surface area contributed by atoms with Gasteiger partial charge in [0, 0.05) is 48.0 Å². The zero-order valence-corrected chi connectivity index (χ0v) is 22.5. The number of hydrogen-bond donors (Lipinski definition) is 2. The summed E-state index contributed by atoms with van der Waals surface area (Å²) < 4.78 is 30.3. The first-order valence-corrected chi connectivity index (χ1v) is 14.0. The number of aryl methyl sites for hydroxylation is 2. The minimum Gasteiger partial charge on any atom is -0.347 e. The van der Waals surface area contributed by atoms with Gasteiger partial charge in [-0.3, -0.25) is 5.43 Å². The second kappa shape index (κ2) is 12.3. The second-order valence-corrected chi connectivity index (χ2v) is 10.6. The largest absolute Gasteiger partial charge is 0.347 e. The number of hydrogen-bond acceptors (Lipinski definition) is 4. The summed E-state index contributed by atoms with van der Waals surface area (Å²) in [6, 6.07) is 13.3. The van der Waals surface area contributed by atoms with Crippen molar-refractivity contribution in [2.24, 2.45) is 5.10 Å². The Kier molecular flexibility index (Phi) is 9.42. The number of fused-ring (bicyclic) bond motifs is 1. The van der Waals surface area contributed by atoms with Crippen LogP contribution in [-0.2, 0) is 23.0 Å². The van der Waals surface area contributed by atoms with Crippen molar-refractivity contribution in [2.75, 3.05) is 18.4 Å². The molecular weight excluding hydrogens is 478 g/mol. The summed E-state index contributed by atoms with van der Waals surface area (Å²) >= 11 is 5.40. The average Bonchev–Trinajstić information content (AvgIpc) is 3.21. The van der Waals surface area contributed by atoms with E-state index in [1.54, 1.807) is 22.7 Å². The highest BCUT2D eigenvalue weighted by atomic mass is 32.2. The Morgan fingerprint density at radius 1 is 1.09 bits per heavy atom. The normalized spacial score (nSPS) is 12.0. The molecule has 0 saturated carbocycles. The molecule has 0 bridgehead atoms. The molecule has 35 heavy (non-hydrogen) atoms. The van der Waals surface area contributed by atoms with E-state index in [-0.39, 0.29) is 0 Å². The first-order valence-electron chi connectivity index (χ1n) is 12.2. The molecule has 2 aromatic carbocycles. The molecule has 0 aliphatic carbocycles. The standard InChI is InChI=1S/C26H35N5O2S2/c1-5-15-31(16-6-2)35(32,33)22-13-14-25-23(17-22)21(19-30(25)8-4)18-27-29-26(34)28-24-12-10-9-11-20(24)7-3/h9-14,17-19H,5-8,15-16H2,1-4H3,(H2,28,29,34)/b27-18-. The van der Waals surface area contributed by atoms with Crippen molar-refractivity contribution in [3.63, 3.8) is 0 Å². The fourth-order valence-corrected chi connectivity index (χ4v) is 5.90. The van der Waals surface area contributed by atoms with Gasteiger partial charge in [0.15, 0.2) is 5.11 Å². The van der Waals surface area contributed by atoms with Gasteiger partial charge in [0.25, 0.3) is 0 Å². The van der Waals surface area contributed by atoms with Crippen molar-refractivity contribution in [1.82, 2.24) is 14.3 Å². The van der Waals surface area contributed by atoms with Gasteiger partial charge < -0.3 is 9.88 Å². The van der Waals surface area contributed by atoms with E-state index in [0.717, 1.165) is 48.0 Å². The first kappa shape index (κ1) is 26.8. The number of aromatic nitrogens is 1. The molecule has 0 radical (unpaired) electrons. The lowest BCUT2D eigenvalue weighted by Gasteiger charge is -2.21. The second-order valence-electron chi connectivity index (χ2n) is 8.29. The van der Waals surface area contributed by atoms with Crippen LogP contribution in [-0.4, -0.2) is 41.7 Å². The van der Waals surface area contributed by atoms with Gasteiger partial charge in [0.05, 0.1) is 11.1 Å². The maximum atomic E-state index is 13.3. The lowest BCUT2D eigenvalue weighted by atomic mass is 10.1. The SMILES string of the molecule is CCCN(CCC)S(=O)(=O)c1ccc2c(c1)c(/C=N\NC(=S)Nc1ccccc1CC)cn2CC. The molecule has 0 atom stereocenters. The number of nitrogens with zero attached hydrogens (tertiary/aromatic N) is 3. The van der Waals surface area contributed by atoms with Crippen LogP contribution < -0.4 is 10.7 Å². The smallest absolute Gasteiger partial charge is 0.243 e. The van der Waals surface area contributed by atoms with E-state index in [4.69, 9.17) is 12.2 Å². The Morgan fingerprint density at radius 2 is 1.80 bits per heavy atom. The highest BCUT2D eigenvalue weighted by Crippen LogP contribution is 2.26. The van der Waals surface area contributed by atoms with Gasteiger partial charge in [-0.1, -0.05) is 39.0 Å². The summed E-state index contributed by atoms with van der Waals surface area (Å²) in [5.74, 6) is 0. The van der Waals surface area contributed by atoms with Gasteiger partial charge in [-0.05, 0) is 68.2 Å². The maximum Gasteiger partial charge on any atom is 0.243 e. The number of sulfonamides is 1. The van der Waals surface area contributed by atoms with Crippen molar-refractivity contribution in [2.45, 2.75) is 58.4 Å². The number of thiocarbonyl (C=S) groups is 1. The monoisotopic (exact) mass is 513 g/mol. The van der Waals surface area contributed by atoms with Crippen LogP contribution in [0.3, 0.4) is 0 Å².